The number of hydrogen-bond donors (Lipinski definition) is 1. The van der Waals surface area contributed by atoms with Crippen molar-refractivity contribution in [1.82, 2.24) is 15.2 Å². The topological polar surface area (TPSA) is 101 Å². The highest BCUT2D eigenvalue weighted by atomic mass is 16.9. The van der Waals surface area contributed by atoms with Gasteiger partial charge in [0.25, 0.3) is 11.0 Å². The second-order valence-electron chi connectivity index (χ2n) is 9.38. The van der Waals surface area contributed by atoms with Crippen LogP contribution >= 0.6 is 0 Å². The first-order valence-electron chi connectivity index (χ1n) is 13.6. The number of likely N-dealkylation sites (N-methyl/N-ethyl adjacent to an activating group) is 1. The van der Waals surface area contributed by atoms with Gasteiger partial charge in [-0.15, -0.1) is 10.1 Å². The largest absolute Gasteiger partial charge is 0.354 e. The van der Waals surface area contributed by atoms with E-state index in [-0.39, 0.29) is 12.5 Å². The fourth-order valence-electron chi connectivity index (χ4n) is 4.44. The van der Waals surface area contributed by atoms with Gasteiger partial charge in [0, 0.05) is 38.9 Å². The van der Waals surface area contributed by atoms with E-state index >= 15 is 0 Å². The fraction of sp³-hybridized carbons (Fsp3) is 0.769. The third-order valence-corrected chi connectivity index (χ3v) is 6.71. The molecule has 9 nitrogen and oxygen atoms in total. The molecule has 0 spiro atoms. The van der Waals surface area contributed by atoms with Crippen LogP contribution in [0.15, 0.2) is 18.3 Å². The van der Waals surface area contributed by atoms with Crippen LogP contribution < -0.4 is 10.2 Å². The molecular weight excluding hydrogens is 446 g/mol. The summed E-state index contributed by atoms with van der Waals surface area (Å²) >= 11 is 0. The molecule has 198 valence electrons. The Labute approximate surface area is 210 Å². The zero-order chi connectivity index (χ0) is 25.1. The Bertz CT molecular complexity index is 708. The van der Waals surface area contributed by atoms with E-state index in [9.17, 15) is 14.9 Å². The first-order valence-corrected chi connectivity index (χ1v) is 13.6. The Balaban J connectivity index is 1.40. The van der Waals surface area contributed by atoms with Crippen molar-refractivity contribution >= 4 is 11.7 Å². The zero-order valence-electron chi connectivity index (χ0n) is 21.6. The summed E-state index contributed by atoms with van der Waals surface area (Å²) in [6.45, 7) is 8.32. The second-order valence-corrected chi connectivity index (χ2v) is 9.38. The standard InChI is InChI=1S/C26H45N5O4/c1-2-29-18-20-30(21-19-29)25-16-15-24(23-28-25)26(32)27-17-13-11-9-7-5-3-4-6-8-10-12-14-22-35-31(33)34/h15-16,23H,2-14,17-22H2,1H3,(H,27,32). The van der Waals surface area contributed by atoms with Crippen molar-refractivity contribution in [3.63, 3.8) is 0 Å². The van der Waals surface area contributed by atoms with Crippen molar-refractivity contribution in [3.8, 4) is 0 Å². The number of anilines is 1. The number of nitrogens with one attached hydrogen (secondary N) is 1. The van der Waals surface area contributed by atoms with Crippen LogP contribution in [0.3, 0.4) is 0 Å². The Kier molecular flexibility index (Phi) is 14.8. The molecule has 1 amide bonds. The van der Waals surface area contributed by atoms with Gasteiger partial charge in [-0.1, -0.05) is 71.1 Å². The molecule has 1 saturated heterocycles. The van der Waals surface area contributed by atoms with Crippen LogP contribution in [0.4, 0.5) is 5.82 Å². The van der Waals surface area contributed by atoms with Crippen molar-refractivity contribution < 1.29 is 14.7 Å². The van der Waals surface area contributed by atoms with E-state index in [1.165, 1.54) is 44.9 Å². The van der Waals surface area contributed by atoms with Crippen molar-refractivity contribution in [2.45, 2.75) is 84.0 Å². The summed E-state index contributed by atoms with van der Waals surface area (Å²) in [5.41, 5.74) is 0.630. The van der Waals surface area contributed by atoms with Crippen LogP contribution in [0.25, 0.3) is 0 Å². The van der Waals surface area contributed by atoms with E-state index in [0.29, 0.717) is 12.1 Å². The average molecular weight is 492 g/mol. The van der Waals surface area contributed by atoms with Gasteiger partial charge in [0.2, 0.25) is 0 Å². The summed E-state index contributed by atoms with van der Waals surface area (Å²) in [7, 11) is 0. The van der Waals surface area contributed by atoms with Gasteiger partial charge in [-0.25, -0.2) is 4.98 Å². The van der Waals surface area contributed by atoms with Gasteiger partial charge < -0.3 is 20.0 Å². The number of carbonyl (C=O) groups excluding carboxylic acids is 1. The number of amides is 1. The van der Waals surface area contributed by atoms with E-state index in [0.717, 1.165) is 70.6 Å². The molecule has 1 fully saturated rings. The molecule has 0 saturated carbocycles. The van der Waals surface area contributed by atoms with Crippen molar-refractivity contribution in [2.24, 2.45) is 0 Å². The fourth-order valence-corrected chi connectivity index (χ4v) is 4.44. The predicted octanol–water partition coefficient (Wildman–Crippen LogP) is 4.84. The smallest absolute Gasteiger partial charge is 0.294 e. The molecule has 0 radical (unpaired) electrons. The first kappa shape index (κ1) is 28.8. The van der Waals surface area contributed by atoms with E-state index in [1.807, 2.05) is 12.1 Å². The molecule has 2 heterocycles. The van der Waals surface area contributed by atoms with Crippen molar-refractivity contribution in [1.29, 1.82) is 0 Å². The van der Waals surface area contributed by atoms with Crippen LogP contribution in [0.1, 0.15) is 94.3 Å². The van der Waals surface area contributed by atoms with Crippen molar-refractivity contribution in [2.75, 3.05) is 50.8 Å². The molecule has 1 N–H and O–H groups in total. The van der Waals surface area contributed by atoms with Gasteiger partial charge in [-0.05, 0) is 31.5 Å². The SMILES string of the molecule is CCN1CCN(c2ccc(C(=O)NCCCCCCCCCCCCCCO[N+](=O)[O-])cn2)CC1. The van der Waals surface area contributed by atoms with Crippen LogP contribution in [-0.4, -0.2) is 66.8 Å². The Morgan fingerprint density at radius 1 is 0.943 bits per heavy atom. The number of rotatable bonds is 19. The molecule has 0 bridgehead atoms. The summed E-state index contributed by atoms with van der Waals surface area (Å²) in [5, 5.41) is 12.3. The highest BCUT2D eigenvalue weighted by Gasteiger charge is 2.17. The minimum Gasteiger partial charge on any atom is -0.354 e. The van der Waals surface area contributed by atoms with Gasteiger partial charge in [0.15, 0.2) is 0 Å². The molecule has 0 unspecified atom stereocenters. The molecule has 0 aliphatic carbocycles. The minimum absolute atomic E-state index is 0.0369. The zero-order valence-corrected chi connectivity index (χ0v) is 21.6. The second kappa shape index (κ2) is 17.9. The van der Waals surface area contributed by atoms with Crippen LogP contribution in [0.5, 0.6) is 0 Å². The Morgan fingerprint density at radius 2 is 1.51 bits per heavy atom. The van der Waals surface area contributed by atoms with E-state index in [1.54, 1.807) is 6.20 Å². The maximum absolute atomic E-state index is 12.4. The molecule has 1 aliphatic heterocycles. The summed E-state index contributed by atoms with van der Waals surface area (Å²) in [6.07, 6.45) is 15.5. The molecule has 0 atom stereocenters. The molecule has 9 heteroatoms. The Hall–Kier alpha value is -2.42. The lowest BCUT2D eigenvalue weighted by Crippen LogP contribution is -2.46. The monoisotopic (exact) mass is 491 g/mol. The first-order chi connectivity index (χ1) is 17.1. The quantitative estimate of drug-likeness (QED) is 0.168. The number of pyridine rings is 1. The van der Waals surface area contributed by atoms with Crippen LogP contribution in [0.2, 0.25) is 0 Å². The minimum atomic E-state index is -0.719. The van der Waals surface area contributed by atoms with Gasteiger partial charge >= 0.3 is 0 Å². The van der Waals surface area contributed by atoms with E-state index in [2.05, 4.69) is 31.9 Å². The third-order valence-electron chi connectivity index (χ3n) is 6.71. The van der Waals surface area contributed by atoms with Gasteiger partial charge in [-0.2, -0.15) is 0 Å². The highest BCUT2D eigenvalue weighted by molar-refractivity contribution is 5.94. The maximum atomic E-state index is 12.4. The number of unbranched alkanes of at least 4 members (excludes halogenated alkanes) is 11. The number of aromatic nitrogens is 1. The predicted molar refractivity (Wildman–Crippen MR) is 139 cm³/mol. The maximum Gasteiger partial charge on any atom is 0.294 e. The van der Waals surface area contributed by atoms with E-state index in [4.69, 9.17) is 0 Å². The summed E-state index contributed by atoms with van der Waals surface area (Å²) < 4.78 is 0. The number of hydrogen-bond acceptors (Lipinski definition) is 7. The lowest BCUT2D eigenvalue weighted by Gasteiger charge is -2.34. The number of nitrogens with zero attached hydrogens (tertiary/aromatic N) is 4. The molecule has 0 aromatic carbocycles. The average Bonchev–Trinajstić information content (AvgIpc) is 2.88. The van der Waals surface area contributed by atoms with Crippen LogP contribution in [0, 0.1) is 10.1 Å². The summed E-state index contributed by atoms with van der Waals surface area (Å²) in [5.74, 6) is 0.919. The van der Waals surface area contributed by atoms with Gasteiger partial charge in [-0.3, -0.25) is 4.79 Å². The summed E-state index contributed by atoms with van der Waals surface area (Å²) in [6, 6.07) is 3.85. The van der Waals surface area contributed by atoms with Gasteiger partial charge in [0.1, 0.15) is 5.82 Å². The highest BCUT2D eigenvalue weighted by Crippen LogP contribution is 2.15. The molecule has 35 heavy (non-hydrogen) atoms. The molecule has 1 aromatic rings. The van der Waals surface area contributed by atoms with E-state index < -0.39 is 5.09 Å². The van der Waals surface area contributed by atoms with Crippen LogP contribution in [-0.2, 0) is 4.84 Å². The normalized spacial score (nSPS) is 14.1. The summed E-state index contributed by atoms with van der Waals surface area (Å²) in [4.78, 5) is 36.0. The van der Waals surface area contributed by atoms with Gasteiger partial charge in [0.05, 0.1) is 12.2 Å². The Morgan fingerprint density at radius 3 is 2.03 bits per heavy atom. The van der Waals surface area contributed by atoms with Crippen molar-refractivity contribution in [3.05, 3.63) is 34.0 Å². The molecular formula is C26H45N5O4. The lowest BCUT2D eigenvalue weighted by atomic mass is 10.1. The third kappa shape index (κ3) is 12.7. The molecule has 1 aromatic heterocycles. The molecule has 2 rings (SSSR count). The number of piperazine rings is 1. The lowest BCUT2D eigenvalue weighted by molar-refractivity contribution is -0.757. The molecule has 1 aliphatic rings. The number of carbonyl (C=O) groups is 1.